The Balaban J connectivity index is 2.00. The minimum absolute atomic E-state index is 0.0377. The van der Waals surface area contributed by atoms with E-state index in [0.717, 1.165) is 23.9 Å². The largest absolute Gasteiger partial charge is 0.416 e. The summed E-state index contributed by atoms with van der Waals surface area (Å²) in [6.45, 7) is 3.12. The average molecular weight is 371 g/mol. The fourth-order valence-corrected chi connectivity index (χ4v) is 2.52. The van der Waals surface area contributed by atoms with E-state index < -0.39 is 17.6 Å². The number of carbonyl (C=O) groups is 1. The molecule has 2 aromatic rings. The number of nitrogens with zero attached hydrogens (tertiary/aromatic N) is 1. The number of hydrogen-bond donors (Lipinski definition) is 1. The second kappa shape index (κ2) is 8.25. The van der Waals surface area contributed by atoms with Crippen molar-refractivity contribution in [3.8, 4) is 0 Å². The van der Waals surface area contributed by atoms with Gasteiger partial charge in [-0.25, -0.2) is 0 Å². The van der Waals surface area contributed by atoms with Crippen LogP contribution in [0.2, 0.25) is 5.02 Å². The molecule has 2 rings (SSSR count). The number of benzene rings is 2. The van der Waals surface area contributed by atoms with Gasteiger partial charge in [0.05, 0.1) is 16.3 Å². The monoisotopic (exact) mass is 370 g/mol. The maximum atomic E-state index is 12.8. The average Bonchev–Trinajstić information content (AvgIpc) is 2.57. The number of hydrogen-bond acceptors (Lipinski definition) is 2. The summed E-state index contributed by atoms with van der Waals surface area (Å²) in [5, 5.41) is 2.52. The van der Waals surface area contributed by atoms with Gasteiger partial charge in [-0.15, -0.1) is 0 Å². The first-order chi connectivity index (χ1) is 11.8. The molecule has 0 aliphatic rings. The topological polar surface area (TPSA) is 32.3 Å². The standard InChI is InChI=1S/C18H18ClF3N2O/c1-2-24(14-6-4-3-5-7-14)11-10-17(25)23-16-12-13(18(20,21)22)8-9-15(16)19/h3-9,12H,2,10-11H2,1H3,(H,23,25). The van der Waals surface area contributed by atoms with Gasteiger partial charge in [0.1, 0.15) is 0 Å². The molecule has 0 atom stereocenters. The van der Waals surface area contributed by atoms with Crippen molar-refractivity contribution >= 4 is 28.9 Å². The Morgan fingerprint density at radius 3 is 2.44 bits per heavy atom. The van der Waals surface area contributed by atoms with E-state index in [9.17, 15) is 18.0 Å². The highest BCUT2D eigenvalue weighted by molar-refractivity contribution is 6.33. The number of amides is 1. The Morgan fingerprint density at radius 2 is 1.84 bits per heavy atom. The molecule has 2 aromatic carbocycles. The molecular weight excluding hydrogens is 353 g/mol. The third-order valence-electron chi connectivity index (χ3n) is 3.68. The Morgan fingerprint density at radius 1 is 1.16 bits per heavy atom. The zero-order valence-electron chi connectivity index (χ0n) is 13.6. The van der Waals surface area contributed by atoms with Crippen molar-refractivity contribution in [2.24, 2.45) is 0 Å². The van der Waals surface area contributed by atoms with Crippen molar-refractivity contribution in [2.75, 3.05) is 23.3 Å². The van der Waals surface area contributed by atoms with E-state index in [-0.39, 0.29) is 17.1 Å². The lowest BCUT2D eigenvalue weighted by molar-refractivity contribution is -0.137. The molecule has 0 spiro atoms. The van der Waals surface area contributed by atoms with Crippen LogP contribution in [0.15, 0.2) is 48.5 Å². The maximum Gasteiger partial charge on any atom is 0.416 e. The third-order valence-corrected chi connectivity index (χ3v) is 4.01. The van der Waals surface area contributed by atoms with Gasteiger partial charge in [-0.05, 0) is 37.3 Å². The van der Waals surface area contributed by atoms with Crippen molar-refractivity contribution in [3.63, 3.8) is 0 Å². The molecule has 0 aromatic heterocycles. The van der Waals surface area contributed by atoms with Crippen molar-refractivity contribution in [1.29, 1.82) is 0 Å². The van der Waals surface area contributed by atoms with Gasteiger partial charge >= 0.3 is 6.18 Å². The van der Waals surface area contributed by atoms with Gasteiger partial charge < -0.3 is 10.2 Å². The minimum atomic E-state index is -4.49. The lowest BCUT2D eigenvalue weighted by Crippen LogP contribution is -2.27. The highest BCUT2D eigenvalue weighted by Gasteiger charge is 2.31. The number of carbonyl (C=O) groups excluding carboxylic acids is 1. The first kappa shape index (κ1) is 19.1. The van der Waals surface area contributed by atoms with Gasteiger partial charge in [0, 0.05) is 25.2 Å². The van der Waals surface area contributed by atoms with Crippen LogP contribution in [-0.4, -0.2) is 19.0 Å². The first-order valence-corrected chi connectivity index (χ1v) is 8.15. The first-order valence-electron chi connectivity index (χ1n) is 7.78. The Bertz CT molecular complexity index is 720. The summed E-state index contributed by atoms with van der Waals surface area (Å²) in [6, 6.07) is 12.4. The molecule has 3 nitrogen and oxygen atoms in total. The van der Waals surface area contributed by atoms with Gasteiger partial charge in [0.2, 0.25) is 5.91 Å². The van der Waals surface area contributed by atoms with Crippen molar-refractivity contribution < 1.29 is 18.0 Å². The van der Waals surface area contributed by atoms with E-state index in [1.54, 1.807) is 0 Å². The molecule has 0 aliphatic carbocycles. The molecule has 0 saturated carbocycles. The second-order valence-corrected chi connectivity index (χ2v) is 5.81. The third kappa shape index (κ3) is 5.39. The number of alkyl halides is 3. The van der Waals surface area contributed by atoms with Crippen LogP contribution in [0.5, 0.6) is 0 Å². The van der Waals surface area contributed by atoms with Crippen LogP contribution in [0.25, 0.3) is 0 Å². The molecule has 1 amide bonds. The Labute approximate surface area is 149 Å². The predicted molar refractivity (Wildman–Crippen MR) is 94.0 cm³/mol. The molecule has 0 heterocycles. The van der Waals surface area contributed by atoms with Crippen LogP contribution in [0.3, 0.4) is 0 Å². The lowest BCUT2D eigenvalue weighted by atomic mass is 10.2. The van der Waals surface area contributed by atoms with Gasteiger partial charge in [-0.3, -0.25) is 4.79 Å². The van der Waals surface area contributed by atoms with Crippen molar-refractivity contribution in [3.05, 3.63) is 59.1 Å². The fourth-order valence-electron chi connectivity index (χ4n) is 2.36. The van der Waals surface area contributed by atoms with E-state index in [2.05, 4.69) is 5.32 Å². The van der Waals surface area contributed by atoms with Crippen LogP contribution in [0.4, 0.5) is 24.5 Å². The SMILES string of the molecule is CCN(CCC(=O)Nc1cc(C(F)(F)F)ccc1Cl)c1ccccc1. The van der Waals surface area contributed by atoms with Gasteiger partial charge in [0.15, 0.2) is 0 Å². The van der Waals surface area contributed by atoms with Crippen LogP contribution in [0.1, 0.15) is 18.9 Å². The normalized spacial score (nSPS) is 11.2. The summed E-state index contributed by atoms with van der Waals surface area (Å²) in [5.41, 5.74) is 0.0887. The minimum Gasteiger partial charge on any atom is -0.371 e. The number of anilines is 2. The molecule has 0 unspecified atom stereocenters. The Hall–Kier alpha value is -2.21. The lowest BCUT2D eigenvalue weighted by Gasteiger charge is -2.22. The van der Waals surface area contributed by atoms with E-state index in [1.165, 1.54) is 0 Å². The molecule has 0 radical (unpaired) electrons. The van der Waals surface area contributed by atoms with Gasteiger partial charge in [-0.2, -0.15) is 13.2 Å². The molecule has 7 heteroatoms. The molecule has 0 aliphatic heterocycles. The smallest absolute Gasteiger partial charge is 0.371 e. The van der Waals surface area contributed by atoms with Crippen molar-refractivity contribution in [1.82, 2.24) is 0 Å². The molecule has 25 heavy (non-hydrogen) atoms. The zero-order valence-corrected chi connectivity index (χ0v) is 14.4. The molecule has 134 valence electrons. The summed E-state index contributed by atoms with van der Waals surface area (Å²) < 4.78 is 38.3. The molecular formula is C18H18ClF3N2O. The fraction of sp³-hybridized carbons (Fsp3) is 0.278. The van der Waals surface area contributed by atoms with Crippen LogP contribution < -0.4 is 10.2 Å². The Kier molecular flexibility index (Phi) is 6.31. The van der Waals surface area contributed by atoms with E-state index in [0.29, 0.717) is 13.1 Å². The number of para-hydroxylation sites is 1. The molecule has 0 fully saturated rings. The summed E-state index contributed by atoms with van der Waals surface area (Å²) in [4.78, 5) is 14.1. The van der Waals surface area contributed by atoms with Crippen LogP contribution in [0, 0.1) is 0 Å². The van der Waals surface area contributed by atoms with Crippen molar-refractivity contribution in [2.45, 2.75) is 19.5 Å². The van der Waals surface area contributed by atoms with Crippen LogP contribution in [-0.2, 0) is 11.0 Å². The number of halogens is 4. The van der Waals surface area contributed by atoms with Crippen LogP contribution >= 0.6 is 11.6 Å². The summed E-state index contributed by atoms with van der Waals surface area (Å²) in [6.07, 6.45) is -4.36. The maximum absolute atomic E-state index is 12.8. The van der Waals surface area contributed by atoms with Gasteiger partial charge in [-0.1, -0.05) is 29.8 Å². The predicted octanol–water partition coefficient (Wildman–Crippen LogP) is 5.21. The highest BCUT2D eigenvalue weighted by Crippen LogP contribution is 2.33. The quantitative estimate of drug-likeness (QED) is 0.756. The van der Waals surface area contributed by atoms with Gasteiger partial charge in [0.25, 0.3) is 0 Å². The van der Waals surface area contributed by atoms with E-state index >= 15 is 0 Å². The highest BCUT2D eigenvalue weighted by atomic mass is 35.5. The molecule has 1 N–H and O–H groups in total. The summed E-state index contributed by atoms with van der Waals surface area (Å²) in [5.74, 6) is -0.393. The number of rotatable bonds is 6. The van der Waals surface area contributed by atoms with E-state index in [1.807, 2.05) is 42.2 Å². The zero-order chi connectivity index (χ0) is 18.4. The second-order valence-electron chi connectivity index (χ2n) is 5.41. The molecule has 0 saturated heterocycles. The van der Waals surface area contributed by atoms with E-state index in [4.69, 9.17) is 11.6 Å². The summed E-state index contributed by atoms with van der Waals surface area (Å²) >= 11 is 5.88. The number of nitrogens with one attached hydrogen (secondary N) is 1. The molecule has 0 bridgehead atoms. The summed E-state index contributed by atoms with van der Waals surface area (Å²) in [7, 11) is 0.